The van der Waals surface area contributed by atoms with E-state index in [-0.39, 0.29) is 0 Å². The molecule has 0 radical (unpaired) electrons. The van der Waals surface area contributed by atoms with Crippen LogP contribution in [-0.4, -0.2) is 5.91 Å². The van der Waals surface area contributed by atoms with Gasteiger partial charge >= 0.3 is 0 Å². The molecular formula is C12H9N3O. The molecule has 0 fully saturated rings. The summed E-state index contributed by atoms with van der Waals surface area (Å²) in [6, 6.07) is 11.2. The lowest BCUT2D eigenvalue weighted by Crippen LogP contribution is -1.92. The van der Waals surface area contributed by atoms with E-state index < -0.39 is 5.91 Å². The Morgan fingerprint density at radius 1 is 1.19 bits per heavy atom. The molecule has 2 aromatic carbocycles. The Hall–Kier alpha value is -2.32. The zero-order chi connectivity index (χ0) is 11.5. The molecule has 0 spiro atoms. The Labute approximate surface area is 92.1 Å². The zero-order valence-corrected chi connectivity index (χ0v) is 8.71. The van der Waals surface area contributed by atoms with Crippen LogP contribution in [-0.2, 0) is 0 Å². The van der Waals surface area contributed by atoms with Crippen LogP contribution >= 0.6 is 0 Å². The van der Waals surface area contributed by atoms with Crippen LogP contribution in [0.5, 0.6) is 0 Å². The molecule has 1 amide bonds. The van der Waals surface area contributed by atoms with Crippen molar-refractivity contribution in [1.82, 2.24) is 0 Å². The van der Waals surface area contributed by atoms with Gasteiger partial charge < -0.3 is 0 Å². The van der Waals surface area contributed by atoms with Gasteiger partial charge in [0.15, 0.2) is 0 Å². The molecule has 0 bridgehead atoms. The largest absolute Gasteiger partial charge is 0.287 e. The minimum atomic E-state index is -0.551. The number of azide groups is 1. The van der Waals surface area contributed by atoms with E-state index in [4.69, 9.17) is 5.53 Å². The predicted molar refractivity (Wildman–Crippen MR) is 62.2 cm³/mol. The Bertz CT molecular complexity index is 613. The first-order valence-corrected chi connectivity index (χ1v) is 4.80. The topological polar surface area (TPSA) is 65.8 Å². The summed E-state index contributed by atoms with van der Waals surface area (Å²) in [4.78, 5) is 13.8. The van der Waals surface area contributed by atoms with Crippen molar-refractivity contribution in [2.75, 3.05) is 0 Å². The van der Waals surface area contributed by atoms with Crippen LogP contribution in [0.2, 0.25) is 0 Å². The molecular weight excluding hydrogens is 202 g/mol. The number of carbonyl (C=O) groups is 1. The molecule has 16 heavy (non-hydrogen) atoms. The lowest BCUT2D eigenvalue weighted by molar-refractivity contribution is 0.100. The van der Waals surface area contributed by atoms with E-state index >= 15 is 0 Å². The van der Waals surface area contributed by atoms with Crippen molar-refractivity contribution < 1.29 is 4.79 Å². The van der Waals surface area contributed by atoms with Crippen molar-refractivity contribution in [3.63, 3.8) is 0 Å². The monoisotopic (exact) mass is 211 g/mol. The van der Waals surface area contributed by atoms with E-state index in [1.54, 1.807) is 12.1 Å². The van der Waals surface area contributed by atoms with E-state index in [2.05, 4.69) is 10.0 Å². The summed E-state index contributed by atoms with van der Waals surface area (Å²) < 4.78 is 0. The summed E-state index contributed by atoms with van der Waals surface area (Å²) >= 11 is 0. The maximum Gasteiger partial charge on any atom is 0.249 e. The van der Waals surface area contributed by atoms with Gasteiger partial charge in [-0.1, -0.05) is 35.9 Å². The van der Waals surface area contributed by atoms with E-state index in [0.29, 0.717) is 5.56 Å². The van der Waals surface area contributed by atoms with Gasteiger partial charge in [-0.05, 0) is 34.4 Å². The van der Waals surface area contributed by atoms with E-state index in [1.165, 1.54) is 5.56 Å². The maximum atomic E-state index is 11.3. The summed E-state index contributed by atoms with van der Waals surface area (Å²) in [5.74, 6) is -0.551. The molecule has 0 unspecified atom stereocenters. The number of hydrogen-bond donors (Lipinski definition) is 0. The highest BCUT2D eigenvalue weighted by atomic mass is 16.1. The number of benzene rings is 2. The van der Waals surface area contributed by atoms with Crippen molar-refractivity contribution in [3.05, 3.63) is 58.0 Å². The zero-order valence-electron chi connectivity index (χ0n) is 8.71. The van der Waals surface area contributed by atoms with Gasteiger partial charge in [-0.2, -0.15) is 0 Å². The van der Waals surface area contributed by atoms with Crippen LogP contribution in [0.25, 0.3) is 21.2 Å². The number of hydrogen-bond acceptors (Lipinski definition) is 1. The maximum absolute atomic E-state index is 11.3. The third kappa shape index (κ3) is 1.87. The number of fused-ring (bicyclic) bond motifs is 1. The van der Waals surface area contributed by atoms with Crippen LogP contribution in [0.3, 0.4) is 0 Å². The fourth-order valence-corrected chi connectivity index (χ4v) is 1.60. The number of nitrogens with zero attached hydrogens (tertiary/aromatic N) is 3. The quantitative estimate of drug-likeness (QED) is 0.403. The SMILES string of the molecule is Cc1ccc2cc(C(=O)N=[N+]=[N-])ccc2c1. The van der Waals surface area contributed by atoms with E-state index in [0.717, 1.165) is 10.8 Å². The van der Waals surface area contributed by atoms with Gasteiger partial charge in [0.05, 0.1) is 0 Å². The number of amides is 1. The number of rotatable bonds is 1. The standard InChI is InChI=1S/C12H9N3O/c1-8-2-3-10-7-11(12(16)14-15-13)5-4-9(10)6-8/h2-7H,1H3. The predicted octanol–water partition coefficient (Wildman–Crippen LogP) is 3.60. The van der Waals surface area contributed by atoms with Gasteiger partial charge in [0.25, 0.3) is 0 Å². The highest BCUT2D eigenvalue weighted by Crippen LogP contribution is 2.18. The minimum Gasteiger partial charge on any atom is -0.287 e. The first kappa shape index (κ1) is 10.2. The molecule has 2 aromatic rings. The van der Waals surface area contributed by atoms with Crippen LogP contribution < -0.4 is 0 Å². The minimum absolute atomic E-state index is 0.411. The molecule has 0 heterocycles. The second-order valence-corrected chi connectivity index (χ2v) is 3.56. The van der Waals surface area contributed by atoms with Gasteiger partial charge in [-0.15, -0.1) is 0 Å². The first-order valence-electron chi connectivity index (χ1n) is 4.80. The van der Waals surface area contributed by atoms with Crippen LogP contribution in [0.15, 0.2) is 41.5 Å². The second-order valence-electron chi connectivity index (χ2n) is 3.56. The van der Waals surface area contributed by atoms with Crippen molar-refractivity contribution in [2.24, 2.45) is 5.11 Å². The third-order valence-corrected chi connectivity index (χ3v) is 2.38. The Balaban J connectivity index is 2.56. The Kier molecular flexibility index (Phi) is 2.58. The average molecular weight is 211 g/mol. The molecule has 4 nitrogen and oxygen atoms in total. The van der Waals surface area contributed by atoms with Crippen LogP contribution in [0.1, 0.15) is 15.9 Å². The van der Waals surface area contributed by atoms with Gasteiger partial charge in [-0.25, -0.2) is 0 Å². The van der Waals surface area contributed by atoms with E-state index in [1.807, 2.05) is 31.2 Å². The molecule has 0 aliphatic heterocycles. The summed E-state index contributed by atoms with van der Waals surface area (Å²) in [5.41, 5.74) is 9.76. The number of aryl methyl sites for hydroxylation is 1. The summed E-state index contributed by atoms with van der Waals surface area (Å²) in [6.45, 7) is 2.01. The molecule has 2 rings (SSSR count). The normalized spacial score (nSPS) is 9.81. The Morgan fingerprint density at radius 3 is 2.62 bits per heavy atom. The lowest BCUT2D eigenvalue weighted by atomic mass is 10.0. The second kappa shape index (κ2) is 4.04. The fourth-order valence-electron chi connectivity index (χ4n) is 1.60. The van der Waals surface area contributed by atoms with Crippen molar-refractivity contribution >= 4 is 16.7 Å². The number of carbonyl (C=O) groups excluding carboxylic acids is 1. The summed E-state index contributed by atoms with van der Waals surface area (Å²) in [7, 11) is 0. The lowest BCUT2D eigenvalue weighted by Gasteiger charge is -2.01. The third-order valence-electron chi connectivity index (χ3n) is 2.38. The van der Waals surface area contributed by atoms with Crippen molar-refractivity contribution in [3.8, 4) is 0 Å². The Morgan fingerprint density at radius 2 is 1.88 bits per heavy atom. The highest BCUT2D eigenvalue weighted by molar-refractivity contribution is 5.99. The molecule has 0 aromatic heterocycles. The van der Waals surface area contributed by atoms with Gasteiger partial charge in [0.1, 0.15) is 0 Å². The van der Waals surface area contributed by atoms with Crippen molar-refractivity contribution in [2.45, 2.75) is 6.92 Å². The van der Waals surface area contributed by atoms with Gasteiger partial charge in [0.2, 0.25) is 5.91 Å². The van der Waals surface area contributed by atoms with Crippen LogP contribution in [0.4, 0.5) is 0 Å². The molecule has 0 saturated carbocycles. The summed E-state index contributed by atoms with van der Waals surface area (Å²) in [6.07, 6.45) is 0. The molecule has 0 atom stereocenters. The van der Waals surface area contributed by atoms with Gasteiger partial charge in [0, 0.05) is 10.5 Å². The van der Waals surface area contributed by atoms with Crippen molar-refractivity contribution in [1.29, 1.82) is 0 Å². The highest BCUT2D eigenvalue weighted by Gasteiger charge is 2.03. The van der Waals surface area contributed by atoms with E-state index in [9.17, 15) is 4.79 Å². The first-order chi connectivity index (χ1) is 7.70. The molecule has 0 N–H and O–H groups in total. The molecule has 0 aliphatic rings. The average Bonchev–Trinajstić information content (AvgIpc) is 2.28. The molecule has 0 saturated heterocycles. The van der Waals surface area contributed by atoms with Gasteiger partial charge in [-0.3, -0.25) is 4.79 Å². The van der Waals surface area contributed by atoms with Crippen LogP contribution in [0, 0.1) is 6.92 Å². The fraction of sp³-hybridized carbons (Fsp3) is 0.0833. The summed E-state index contributed by atoms with van der Waals surface area (Å²) in [5, 5.41) is 5.09. The smallest absolute Gasteiger partial charge is 0.249 e. The molecule has 0 aliphatic carbocycles. The molecule has 78 valence electrons. The molecule has 4 heteroatoms.